The fourth-order valence-electron chi connectivity index (χ4n) is 2.56. The highest BCUT2D eigenvalue weighted by molar-refractivity contribution is 6.14. The van der Waals surface area contributed by atoms with E-state index in [4.69, 9.17) is 10.5 Å². The van der Waals surface area contributed by atoms with E-state index in [1.54, 1.807) is 43.5 Å². The van der Waals surface area contributed by atoms with E-state index in [0.717, 1.165) is 10.8 Å². The Balaban J connectivity index is 1.93. The number of hydrogen-bond acceptors (Lipinski definition) is 3. The molecule has 0 bridgehead atoms. The van der Waals surface area contributed by atoms with Gasteiger partial charge in [-0.15, -0.1) is 0 Å². The SMILES string of the molecule is COc1ccc(C(=O)Nc2ccc(C(N)=O)cc2)c2ccccc12. The predicted molar refractivity (Wildman–Crippen MR) is 93.4 cm³/mol. The van der Waals surface area contributed by atoms with Gasteiger partial charge in [-0.05, 0) is 41.8 Å². The average molecular weight is 320 g/mol. The second-order valence-corrected chi connectivity index (χ2v) is 5.26. The third kappa shape index (κ3) is 2.92. The van der Waals surface area contributed by atoms with E-state index in [0.29, 0.717) is 22.6 Å². The van der Waals surface area contributed by atoms with Gasteiger partial charge in [-0.2, -0.15) is 0 Å². The summed E-state index contributed by atoms with van der Waals surface area (Å²) in [6, 6.07) is 17.5. The number of nitrogens with one attached hydrogen (secondary N) is 1. The third-order valence-electron chi connectivity index (χ3n) is 3.78. The molecule has 0 aliphatic rings. The highest BCUT2D eigenvalue weighted by Gasteiger charge is 2.13. The molecule has 0 radical (unpaired) electrons. The molecule has 5 heteroatoms. The minimum atomic E-state index is -0.506. The molecule has 0 aromatic heterocycles. The van der Waals surface area contributed by atoms with E-state index in [2.05, 4.69) is 5.32 Å². The van der Waals surface area contributed by atoms with Crippen LogP contribution in [0.25, 0.3) is 10.8 Å². The number of carbonyl (C=O) groups excluding carboxylic acids is 2. The van der Waals surface area contributed by atoms with Gasteiger partial charge in [0.1, 0.15) is 5.75 Å². The molecule has 3 aromatic rings. The highest BCUT2D eigenvalue weighted by Crippen LogP contribution is 2.28. The molecule has 0 saturated carbocycles. The Morgan fingerprint density at radius 2 is 1.58 bits per heavy atom. The van der Waals surface area contributed by atoms with Gasteiger partial charge in [-0.1, -0.05) is 24.3 Å². The number of benzene rings is 3. The maximum absolute atomic E-state index is 12.6. The summed E-state index contributed by atoms with van der Waals surface area (Å²) < 4.78 is 5.34. The first kappa shape index (κ1) is 15.6. The van der Waals surface area contributed by atoms with Crippen LogP contribution in [0.1, 0.15) is 20.7 Å². The van der Waals surface area contributed by atoms with Crippen LogP contribution in [0.2, 0.25) is 0 Å². The molecule has 120 valence electrons. The second-order valence-electron chi connectivity index (χ2n) is 5.26. The highest BCUT2D eigenvalue weighted by atomic mass is 16.5. The van der Waals surface area contributed by atoms with Gasteiger partial charge in [0.05, 0.1) is 7.11 Å². The van der Waals surface area contributed by atoms with Crippen LogP contribution in [0.15, 0.2) is 60.7 Å². The summed E-state index contributed by atoms with van der Waals surface area (Å²) in [5, 5.41) is 4.50. The number of nitrogens with two attached hydrogens (primary N) is 1. The fourth-order valence-corrected chi connectivity index (χ4v) is 2.56. The summed E-state index contributed by atoms with van der Waals surface area (Å²) in [6.45, 7) is 0. The zero-order valence-electron chi connectivity index (χ0n) is 13.1. The lowest BCUT2D eigenvalue weighted by Crippen LogP contribution is -2.14. The first-order chi connectivity index (χ1) is 11.6. The summed E-state index contributed by atoms with van der Waals surface area (Å²) >= 11 is 0. The van der Waals surface area contributed by atoms with Gasteiger partial charge in [0.25, 0.3) is 5.91 Å². The molecule has 0 atom stereocenters. The summed E-state index contributed by atoms with van der Waals surface area (Å²) in [5.41, 5.74) is 6.73. The zero-order valence-corrected chi connectivity index (χ0v) is 13.1. The summed E-state index contributed by atoms with van der Waals surface area (Å²) in [4.78, 5) is 23.7. The molecule has 0 fully saturated rings. The quantitative estimate of drug-likeness (QED) is 0.774. The smallest absolute Gasteiger partial charge is 0.256 e. The van der Waals surface area contributed by atoms with Gasteiger partial charge in [0.15, 0.2) is 0 Å². The van der Waals surface area contributed by atoms with Crippen molar-refractivity contribution in [1.82, 2.24) is 0 Å². The van der Waals surface area contributed by atoms with Crippen LogP contribution in [0.3, 0.4) is 0 Å². The molecule has 3 rings (SSSR count). The Kier molecular flexibility index (Phi) is 4.16. The lowest BCUT2D eigenvalue weighted by atomic mass is 10.0. The van der Waals surface area contributed by atoms with Crippen LogP contribution < -0.4 is 15.8 Å². The van der Waals surface area contributed by atoms with Crippen LogP contribution in [0.4, 0.5) is 5.69 Å². The molecule has 0 unspecified atom stereocenters. The molecule has 3 N–H and O–H groups in total. The Morgan fingerprint density at radius 1 is 0.917 bits per heavy atom. The van der Waals surface area contributed by atoms with Gasteiger partial charge >= 0.3 is 0 Å². The summed E-state index contributed by atoms with van der Waals surface area (Å²) in [5.74, 6) is -0.0253. The summed E-state index contributed by atoms with van der Waals surface area (Å²) in [6.07, 6.45) is 0. The predicted octanol–water partition coefficient (Wildman–Crippen LogP) is 3.20. The molecule has 0 aliphatic heterocycles. The van der Waals surface area contributed by atoms with Crippen molar-refractivity contribution in [2.75, 3.05) is 12.4 Å². The lowest BCUT2D eigenvalue weighted by molar-refractivity contribution is 0.0998. The van der Waals surface area contributed by atoms with Crippen molar-refractivity contribution >= 4 is 28.3 Å². The first-order valence-electron chi connectivity index (χ1n) is 7.37. The van der Waals surface area contributed by atoms with Gasteiger partial charge < -0.3 is 15.8 Å². The number of rotatable bonds is 4. The standard InChI is InChI=1S/C19H16N2O3/c1-24-17-11-10-16(14-4-2-3-5-15(14)17)19(23)21-13-8-6-12(7-9-13)18(20)22/h2-11H,1H3,(H2,20,22)(H,21,23). The number of ether oxygens (including phenoxy) is 1. The largest absolute Gasteiger partial charge is 0.496 e. The number of primary amides is 1. The van der Waals surface area contributed by atoms with Gasteiger partial charge in [0.2, 0.25) is 5.91 Å². The molecule has 0 heterocycles. The fraction of sp³-hybridized carbons (Fsp3) is 0.0526. The molecular weight excluding hydrogens is 304 g/mol. The average Bonchev–Trinajstić information content (AvgIpc) is 2.61. The number of amides is 2. The van der Waals surface area contributed by atoms with Crippen molar-refractivity contribution in [3.63, 3.8) is 0 Å². The Hall–Kier alpha value is -3.34. The van der Waals surface area contributed by atoms with Crippen molar-refractivity contribution in [3.05, 3.63) is 71.8 Å². The molecule has 0 saturated heterocycles. The first-order valence-corrected chi connectivity index (χ1v) is 7.37. The number of carbonyl (C=O) groups is 2. The molecule has 3 aromatic carbocycles. The number of hydrogen-bond donors (Lipinski definition) is 2. The lowest BCUT2D eigenvalue weighted by Gasteiger charge is -2.11. The van der Waals surface area contributed by atoms with Crippen molar-refractivity contribution < 1.29 is 14.3 Å². The minimum Gasteiger partial charge on any atom is -0.496 e. The van der Waals surface area contributed by atoms with E-state index in [1.165, 1.54) is 0 Å². The van der Waals surface area contributed by atoms with E-state index in [9.17, 15) is 9.59 Å². The zero-order chi connectivity index (χ0) is 17.1. The van der Waals surface area contributed by atoms with Crippen LogP contribution in [0.5, 0.6) is 5.75 Å². The van der Waals surface area contributed by atoms with Crippen molar-refractivity contribution in [1.29, 1.82) is 0 Å². The van der Waals surface area contributed by atoms with E-state index in [1.807, 2.05) is 24.3 Å². The monoisotopic (exact) mass is 320 g/mol. The van der Waals surface area contributed by atoms with Crippen molar-refractivity contribution in [3.8, 4) is 5.75 Å². The Labute approximate surface area is 139 Å². The van der Waals surface area contributed by atoms with Crippen LogP contribution in [-0.4, -0.2) is 18.9 Å². The minimum absolute atomic E-state index is 0.235. The van der Waals surface area contributed by atoms with Crippen molar-refractivity contribution in [2.24, 2.45) is 5.73 Å². The molecule has 24 heavy (non-hydrogen) atoms. The maximum atomic E-state index is 12.6. The van der Waals surface area contributed by atoms with Crippen LogP contribution >= 0.6 is 0 Å². The van der Waals surface area contributed by atoms with Gasteiger partial charge in [-0.25, -0.2) is 0 Å². The molecule has 5 nitrogen and oxygen atoms in total. The maximum Gasteiger partial charge on any atom is 0.256 e. The number of anilines is 1. The van der Waals surface area contributed by atoms with Crippen LogP contribution in [-0.2, 0) is 0 Å². The Bertz CT molecular complexity index is 918. The normalized spacial score (nSPS) is 10.4. The summed E-state index contributed by atoms with van der Waals surface area (Å²) in [7, 11) is 1.60. The second kappa shape index (κ2) is 6.42. The molecule has 2 amide bonds. The van der Waals surface area contributed by atoms with Gasteiger partial charge in [-0.3, -0.25) is 9.59 Å². The molecule has 0 spiro atoms. The van der Waals surface area contributed by atoms with E-state index in [-0.39, 0.29) is 5.91 Å². The molecule has 0 aliphatic carbocycles. The van der Waals surface area contributed by atoms with Gasteiger partial charge in [0, 0.05) is 22.2 Å². The number of methoxy groups -OCH3 is 1. The van der Waals surface area contributed by atoms with E-state index < -0.39 is 5.91 Å². The molecular formula is C19H16N2O3. The third-order valence-corrected chi connectivity index (χ3v) is 3.78. The topological polar surface area (TPSA) is 81.4 Å². The Morgan fingerprint density at radius 3 is 2.21 bits per heavy atom. The number of fused-ring (bicyclic) bond motifs is 1. The van der Waals surface area contributed by atoms with Crippen molar-refractivity contribution in [2.45, 2.75) is 0 Å². The van der Waals surface area contributed by atoms with E-state index >= 15 is 0 Å². The van der Waals surface area contributed by atoms with Crippen LogP contribution in [0, 0.1) is 0 Å².